The van der Waals surface area contributed by atoms with Crippen LogP contribution in [-0.4, -0.2) is 54.9 Å². The number of hydrogen-bond acceptors (Lipinski definition) is 7. The molecule has 4 aromatic heterocycles. The lowest BCUT2D eigenvalue weighted by molar-refractivity contribution is 0.182. The van der Waals surface area contributed by atoms with Crippen LogP contribution >= 0.6 is 0 Å². The van der Waals surface area contributed by atoms with Gasteiger partial charge in [-0.15, -0.1) is 10.2 Å². The number of hydrogen-bond donors (Lipinski definition) is 1. The maximum atomic E-state index is 14.5. The van der Waals surface area contributed by atoms with E-state index in [1.54, 1.807) is 25.4 Å². The Morgan fingerprint density at radius 2 is 2.05 bits per heavy atom. The first-order chi connectivity index (χ1) is 19.2. The number of H-pyrrole nitrogens is 1. The number of benzene rings is 2. The minimum absolute atomic E-state index is 0.0768. The van der Waals surface area contributed by atoms with Crippen LogP contribution in [0.3, 0.4) is 0 Å². The van der Waals surface area contributed by atoms with Crippen molar-refractivity contribution in [2.24, 2.45) is 0 Å². The van der Waals surface area contributed by atoms with Gasteiger partial charge >= 0.3 is 0 Å². The standard InChI is InChI=1S/C29H26FN7O2/c1-38-25-6-2-5-23(30)22(25)17-36-12-3-4-20(15-36)29-35-34-28(39-29)18-7-9-24-21(14-18)27(33-32-24)19-8-10-26-31-11-13-37(26)16-19/h2,5-11,13-14,16,20H,3-4,12,15,17H2,1H3,(H,32,33). The van der Waals surface area contributed by atoms with Gasteiger partial charge in [0.15, 0.2) is 0 Å². The topological polar surface area (TPSA) is 97.4 Å². The second-order valence-electron chi connectivity index (χ2n) is 9.88. The monoisotopic (exact) mass is 523 g/mol. The molecule has 9 nitrogen and oxygen atoms in total. The van der Waals surface area contributed by atoms with Crippen molar-refractivity contribution in [3.63, 3.8) is 0 Å². The van der Waals surface area contributed by atoms with Crippen molar-refractivity contribution >= 4 is 16.6 Å². The molecule has 2 aromatic carbocycles. The zero-order chi connectivity index (χ0) is 26.3. The van der Waals surface area contributed by atoms with Crippen LogP contribution in [0, 0.1) is 5.82 Å². The summed E-state index contributed by atoms with van der Waals surface area (Å²) < 4.78 is 28.1. The normalized spacial score (nSPS) is 16.3. The van der Waals surface area contributed by atoms with E-state index in [9.17, 15) is 4.39 Å². The predicted octanol–water partition coefficient (Wildman–Crippen LogP) is 5.45. The van der Waals surface area contributed by atoms with Gasteiger partial charge in [0, 0.05) is 53.8 Å². The molecule has 1 fully saturated rings. The van der Waals surface area contributed by atoms with E-state index in [1.807, 2.05) is 47.1 Å². The van der Waals surface area contributed by atoms with Crippen molar-refractivity contribution in [3.8, 4) is 28.5 Å². The van der Waals surface area contributed by atoms with E-state index in [1.165, 1.54) is 6.07 Å². The zero-order valence-corrected chi connectivity index (χ0v) is 21.3. The lowest BCUT2D eigenvalue weighted by atomic mass is 9.97. The molecule has 1 saturated heterocycles. The highest BCUT2D eigenvalue weighted by molar-refractivity contribution is 5.95. The summed E-state index contributed by atoms with van der Waals surface area (Å²) in [6.07, 6.45) is 7.60. The molecule has 1 aliphatic heterocycles. The van der Waals surface area contributed by atoms with Crippen molar-refractivity contribution in [3.05, 3.63) is 84.4 Å². The highest BCUT2D eigenvalue weighted by Crippen LogP contribution is 2.33. The third-order valence-electron chi connectivity index (χ3n) is 7.44. The number of methoxy groups -OCH3 is 1. The number of fused-ring (bicyclic) bond motifs is 2. The van der Waals surface area contributed by atoms with Gasteiger partial charge in [0.1, 0.15) is 22.9 Å². The first-order valence-corrected chi connectivity index (χ1v) is 12.9. The number of nitrogens with one attached hydrogen (secondary N) is 1. The second kappa shape index (κ2) is 9.63. The Labute approximate surface area is 223 Å². The van der Waals surface area contributed by atoms with Crippen LogP contribution in [0.4, 0.5) is 4.39 Å². The van der Waals surface area contributed by atoms with Gasteiger partial charge in [0.25, 0.3) is 0 Å². The van der Waals surface area contributed by atoms with Gasteiger partial charge in [-0.25, -0.2) is 9.37 Å². The Morgan fingerprint density at radius 1 is 1.13 bits per heavy atom. The maximum absolute atomic E-state index is 14.5. The second-order valence-corrected chi connectivity index (χ2v) is 9.88. The number of nitrogens with zero attached hydrogens (tertiary/aromatic N) is 6. The highest BCUT2D eigenvalue weighted by Gasteiger charge is 2.27. The number of likely N-dealkylation sites (tertiary alicyclic amines) is 1. The van der Waals surface area contributed by atoms with E-state index >= 15 is 0 Å². The summed E-state index contributed by atoms with van der Waals surface area (Å²) in [5.41, 5.74) is 5.02. The molecular formula is C29H26FN7O2. The van der Waals surface area contributed by atoms with Gasteiger partial charge < -0.3 is 13.6 Å². The quantitative estimate of drug-likeness (QED) is 0.310. The molecule has 0 bridgehead atoms. The van der Waals surface area contributed by atoms with Crippen LogP contribution < -0.4 is 4.74 Å². The molecule has 1 N–H and O–H groups in total. The number of rotatable bonds is 6. The Morgan fingerprint density at radius 3 is 2.97 bits per heavy atom. The lowest BCUT2D eigenvalue weighted by Crippen LogP contribution is -2.34. The smallest absolute Gasteiger partial charge is 0.247 e. The fourth-order valence-corrected chi connectivity index (χ4v) is 5.45. The molecule has 1 aliphatic rings. The van der Waals surface area contributed by atoms with Gasteiger partial charge in [0.2, 0.25) is 11.8 Å². The van der Waals surface area contributed by atoms with Crippen LogP contribution in [0.25, 0.3) is 39.3 Å². The van der Waals surface area contributed by atoms with Crippen LogP contribution in [0.1, 0.15) is 30.2 Å². The molecule has 0 aliphatic carbocycles. The average molecular weight is 524 g/mol. The van der Waals surface area contributed by atoms with Crippen LogP contribution in [-0.2, 0) is 6.54 Å². The molecule has 196 valence electrons. The summed E-state index contributed by atoms with van der Waals surface area (Å²) in [6.45, 7) is 2.05. The Hall–Kier alpha value is -4.57. The minimum Gasteiger partial charge on any atom is -0.496 e. The molecule has 0 amide bonds. The fourth-order valence-electron chi connectivity index (χ4n) is 5.45. The van der Waals surface area contributed by atoms with Gasteiger partial charge in [-0.2, -0.15) is 5.10 Å². The summed E-state index contributed by atoms with van der Waals surface area (Å²) in [6, 6.07) is 14.9. The molecule has 0 saturated carbocycles. The van der Waals surface area contributed by atoms with E-state index in [0.717, 1.165) is 52.8 Å². The predicted molar refractivity (Wildman–Crippen MR) is 144 cm³/mol. The fraction of sp³-hybridized carbons (Fsp3) is 0.241. The van der Waals surface area contributed by atoms with Crippen LogP contribution in [0.5, 0.6) is 5.75 Å². The molecule has 5 heterocycles. The van der Waals surface area contributed by atoms with Gasteiger partial charge in [-0.3, -0.25) is 10.00 Å². The number of pyridine rings is 1. The molecule has 1 unspecified atom stereocenters. The van der Waals surface area contributed by atoms with E-state index in [-0.39, 0.29) is 11.7 Å². The van der Waals surface area contributed by atoms with E-state index in [2.05, 4.69) is 30.3 Å². The van der Waals surface area contributed by atoms with E-state index in [0.29, 0.717) is 36.2 Å². The minimum atomic E-state index is -0.254. The molecule has 6 aromatic rings. The van der Waals surface area contributed by atoms with Crippen molar-refractivity contribution in [1.82, 2.24) is 34.7 Å². The number of imidazole rings is 1. The maximum Gasteiger partial charge on any atom is 0.247 e. The number of piperidine rings is 1. The number of halogens is 1. The summed E-state index contributed by atoms with van der Waals surface area (Å²) in [5, 5.41) is 17.4. The third-order valence-corrected chi connectivity index (χ3v) is 7.44. The number of aromatic amines is 1. The van der Waals surface area contributed by atoms with Crippen LogP contribution in [0.15, 0.2) is 71.5 Å². The molecule has 39 heavy (non-hydrogen) atoms. The lowest BCUT2D eigenvalue weighted by Gasteiger charge is -2.31. The Kier molecular flexibility index (Phi) is 5.81. The summed E-state index contributed by atoms with van der Waals surface area (Å²) >= 11 is 0. The van der Waals surface area contributed by atoms with E-state index in [4.69, 9.17) is 9.15 Å². The highest BCUT2D eigenvalue weighted by atomic mass is 19.1. The van der Waals surface area contributed by atoms with Crippen molar-refractivity contribution in [1.29, 1.82) is 0 Å². The van der Waals surface area contributed by atoms with Gasteiger partial charge in [-0.05, 0) is 61.9 Å². The SMILES string of the molecule is COc1cccc(F)c1CN1CCCC(c2nnc(-c3ccc4[nH]nc(-c5ccc6nccn6c5)c4c3)o2)C1. The van der Waals surface area contributed by atoms with E-state index < -0.39 is 0 Å². The summed E-state index contributed by atoms with van der Waals surface area (Å²) in [7, 11) is 1.57. The first kappa shape index (κ1) is 23.5. The molecule has 1 atom stereocenters. The summed E-state index contributed by atoms with van der Waals surface area (Å²) in [4.78, 5) is 6.54. The number of aromatic nitrogens is 6. The Balaban J connectivity index is 1.14. The van der Waals surface area contributed by atoms with Crippen molar-refractivity contribution in [2.75, 3.05) is 20.2 Å². The third kappa shape index (κ3) is 4.32. The molecule has 7 rings (SSSR count). The molecular weight excluding hydrogens is 497 g/mol. The summed E-state index contributed by atoms with van der Waals surface area (Å²) in [5.74, 6) is 1.46. The largest absolute Gasteiger partial charge is 0.496 e. The van der Waals surface area contributed by atoms with Crippen molar-refractivity contribution in [2.45, 2.75) is 25.3 Å². The molecule has 0 spiro atoms. The molecule has 10 heteroatoms. The molecule has 0 radical (unpaired) electrons. The Bertz CT molecular complexity index is 1790. The average Bonchev–Trinajstić information content (AvgIpc) is 3.73. The van der Waals surface area contributed by atoms with Crippen LogP contribution in [0.2, 0.25) is 0 Å². The van der Waals surface area contributed by atoms with Gasteiger partial charge in [-0.1, -0.05) is 6.07 Å². The van der Waals surface area contributed by atoms with Gasteiger partial charge in [0.05, 0.1) is 18.5 Å². The zero-order valence-electron chi connectivity index (χ0n) is 21.3. The first-order valence-electron chi connectivity index (χ1n) is 12.9. The van der Waals surface area contributed by atoms with Crippen molar-refractivity contribution < 1.29 is 13.5 Å². The number of ether oxygens (including phenoxy) is 1.